The zero-order valence-electron chi connectivity index (χ0n) is 20.9. The number of alkyl carbamates (subject to hydrolysis) is 1. The first-order valence-electron chi connectivity index (χ1n) is 12.8. The van der Waals surface area contributed by atoms with Crippen LogP contribution in [0.15, 0.2) is 83.8 Å². The van der Waals surface area contributed by atoms with E-state index in [2.05, 4.69) is 10.6 Å². The van der Waals surface area contributed by atoms with Crippen molar-refractivity contribution in [1.82, 2.24) is 20.1 Å². The van der Waals surface area contributed by atoms with Crippen molar-refractivity contribution in [3.05, 3.63) is 100 Å². The smallest absolute Gasteiger partial charge is 0.407 e. The Hall–Kier alpha value is -4.40. The molecular weight excluding hydrogens is 484 g/mol. The highest BCUT2D eigenvalue weighted by molar-refractivity contribution is 5.94. The normalized spacial score (nSPS) is 18.9. The van der Waals surface area contributed by atoms with Crippen molar-refractivity contribution in [2.75, 3.05) is 13.1 Å². The Bertz CT molecular complexity index is 1350. The van der Waals surface area contributed by atoms with Gasteiger partial charge in [-0.25, -0.2) is 4.79 Å². The number of carbonyl (C=O) groups is 3. The van der Waals surface area contributed by atoms with Crippen molar-refractivity contribution >= 4 is 17.9 Å². The van der Waals surface area contributed by atoms with Crippen LogP contribution in [-0.4, -0.2) is 52.5 Å². The molecule has 1 saturated carbocycles. The van der Waals surface area contributed by atoms with E-state index in [1.165, 1.54) is 10.6 Å². The molecule has 2 N–H and O–H groups in total. The van der Waals surface area contributed by atoms with Gasteiger partial charge in [0.05, 0.1) is 12.1 Å². The fourth-order valence-electron chi connectivity index (χ4n) is 4.64. The molecular formula is C29H30N4O5. The third-order valence-corrected chi connectivity index (χ3v) is 6.91. The van der Waals surface area contributed by atoms with Crippen LogP contribution >= 0.6 is 0 Å². The summed E-state index contributed by atoms with van der Waals surface area (Å²) < 4.78 is 6.88. The molecule has 38 heavy (non-hydrogen) atoms. The largest absolute Gasteiger partial charge is 0.445 e. The lowest BCUT2D eigenvalue weighted by Crippen LogP contribution is -2.61. The standard InChI is InChI=1S/C29H30N4O5/c34-26-8-4-5-16-33(26)23-13-11-21(12-14-23)27(35)30-25-18-32(28(36)22-9-10-22)17-15-24(25)31-29(37)38-19-20-6-2-1-3-7-20/h1-8,11-14,16,22,24-25H,9-10,15,17-19H2,(H,30,35)(H,31,37)/t24-,25+/m1/s1. The van der Waals surface area contributed by atoms with E-state index in [4.69, 9.17) is 4.74 Å². The third kappa shape index (κ3) is 6.11. The van der Waals surface area contributed by atoms with Crippen LogP contribution in [0.3, 0.4) is 0 Å². The van der Waals surface area contributed by atoms with Crippen molar-refractivity contribution < 1.29 is 19.1 Å². The van der Waals surface area contributed by atoms with Gasteiger partial charge >= 0.3 is 6.09 Å². The molecule has 0 radical (unpaired) electrons. The first-order chi connectivity index (χ1) is 18.5. The summed E-state index contributed by atoms with van der Waals surface area (Å²) in [6.45, 7) is 0.952. The van der Waals surface area contributed by atoms with Gasteiger partial charge in [-0.1, -0.05) is 36.4 Å². The lowest BCUT2D eigenvalue weighted by atomic mass is 9.98. The number of aromatic nitrogens is 1. The Morgan fingerprint density at radius 2 is 1.58 bits per heavy atom. The number of pyridine rings is 1. The third-order valence-electron chi connectivity index (χ3n) is 6.91. The molecule has 9 heteroatoms. The van der Waals surface area contributed by atoms with Crippen LogP contribution in [0, 0.1) is 5.92 Å². The molecule has 0 bridgehead atoms. The van der Waals surface area contributed by atoms with E-state index in [0.717, 1.165) is 18.4 Å². The Morgan fingerprint density at radius 1 is 0.842 bits per heavy atom. The fourth-order valence-corrected chi connectivity index (χ4v) is 4.64. The summed E-state index contributed by atoms with van der Waals surface area (Å²) in [5.74, 6) is -0.153. The number of nitrogens with one attached hydrogen (secondary N) is 2. The van der Waals surface area contributed by atoms with Gasteiger partial charge in [0.15, 0.2) is 0 Å². The van der Waals surface area contributed by atoms with E-state index in [-0.39, 0.29) is 29.9 Å². The monoisotopic (exact) mass is 514 g/mol. The molecule has 9 nitrogen and oxygen atoms in total. The molecule has 3 aromatic rings. The minimum absolute atomic E-state index is 0.0700. The fraction of sp³-hybridized carbons (Fsp3) is 0.310. The van der Waals surface area contributed by atoms with E-state index in [0.29, 0.717) is 30.8 Å². The summed E-state index contributed by atoms with van der Waals surface area (Å²) in [6.07, 6.45) is 3.39. The molecule has 2 atom stereocenters. The minimum atomic E-state index is -0.572. The van der Waals surface area contributed by atoms with E-state index in [9.17, 15) is 19.2 Å². The molecule has 0 unspecified atom stereocenters. The highest BCUT2D eigenvalue weighted by Crippen LogP contribution is 2.32. The van der Waals surface area contributed by atoms with Crippen LogP contribution in [0.2, 0.25) is 0 Å². The second kappa shape index (κ2) is 11.3. The van der Waals surface area contributed by atoms with Crippen LogP contribution < -0.4 is 16.2 Å². The van der Waals surface area contributed by atoms with Gasteiger partial charge in [0.2, 0.25) is 5.91 Å². The van der Waals surface area contributed by atoms with Gasteiger partial charge in [0.25, 0.3) is 11.5 Å². The minimum Gasteiger partial charge on any atom is -0.445 e. The number of likely N-dealkylation sites (tertiary alicyclic amines) is 1. The van der Waals surface area contributed by atoms with Crippen molar-refractivity contribution in [3.8, 4) is 5.69 Å². The first-order valence-corrected chi connectivity index (χ1v) is 12.8. The summed E-state index contributed by atoms with van der Waals surface area (Å²) in [6, 6.07) is 20.1. The lowest BCUT2D eigenvalue weighted by molar-refractivity contribution is -0.134. The number of benzene rings is 2. The Kier molecular flexibility index (Phi) is 7.53. The number of carbonyl (C=O) groups excluding carboxylic acids is 3. The van der Waals surface area contributed by atoms with Crippen molar-refractivity contribution in [2.45, 2.75) is 38.0 Å². The van der Waals surface area contributed by atoms with Crippen LogP contribution in [0.1, 0.15) is 35.2 Å². The Morgan fingerprint density at radius 3 is 2.29 bits per heavy atom. The highest BCUT2D eigenvalue weighted by atomic mass is 16.5. The SMILES string of the molecule is O=C(N[C@@H]1CCN(C(=O)C2CC2)C[C@@H]1NC(=O)c1ccc(-n2ccccc2=O)cc1)OCc1ccccc1. The molecule has 1 aliphatic heterocycles. The molecule has 1 aliphatic carbocycles. The molecule has 2 aliphatic rings. The zero-order chi connectivity index (χ0) is 26.5. The molecule has 0 spiro atoms. The van der Waals surface area contributed by atoms with E-state index in [1.807, 2.05) is 30.3 Å². The average molecular weight is 515 g/mol. The van der Waals surface area contributed by atoms with Crippen molar-refractivity contribution in [3.63, 3.8) is 0 Å². The van der Waals surface area contributed by atoms with Gasteiger partial charge < -0.3 is 20.3 Å². The number of hydrogen-bond acceptors (Lipinski definition) is 5. The highest BCUT2D eigenvalue weighted by Gasteiger charge is 2.39. The molecule has 1 aromatic heterocycles. The number of rotatable bonds is 7. The zero-order valence-corrected chi connectivity index (χ0v) is 20.9. The van der Waals surface area contributed by atoms with Crippen LogP contribution in [-0.2, 0) is 16.1 Å². The van der Waals surface area contributed by atoms with Crippen LogP contribution in [0.4, 0.5) is 4.79 Å². The van der Waals surface area contributed by atoms with E-state index in [1.54, 1.807) is 47.5 Å². The number of nitrogens with zero attached hydrogens (tertiary/aromatic N) is 2. The lowest BCUT2D eigenvalue weighted by Gasteiger charge is -2.39. The van der Waals surface area contributed by atoms with E-state index < -0.39 is 18.2 Å². The number of hydrogen-bond donors (Lipinski definition) is 2. The maximum absolute atomic E-state index is 13.2. The number of piperidine rings is 1. The van der Waals surface area contributed by atoms with Crippen molar-refractivity contribution in [1.29, 1.82) is 0 Å². The van der Waals surface area contributed by atoms with Gasteiger partial charge in [-0.3, -0.25) is 19.0 Å². The van der Waals surface area contributed by atoms with Gasteiger partial charge in [0.1, 0.15) is 6.61 Å². The average Bonchev–Trinajstić information content (AvgIpc) is 3.79. The quantitative estimate of drug-likeness (QED) is 0.504. The van der Waals surface area contributed by atoms with Gasteiger partial charge in [-0.15, -0.1) is 0 Å². The second-order valence-corrected chi connectivity index (χ2v) is 9.70. The molecule has 1 saturated heterocycles. The Balaban J connectivity index is 1.25. The molecule has 2 aromatic carbocycles. The van der Waals surface area contributed by atoms with E-state index >= 15 is 0 Å². The Labute approximate surface area is 220 Å². The first kappa shape index (κ1) is 25.3. The summed E-state index contributed by atoms with van der Waals surface area (Å²) in [5.41, 5.74) is 1.76. The van der Waals surface area contributed by atoms with Crippen molar-refractivity contribution in [2.24, 2.45) is 5.92 Å². The number of ether oxygens (including phenoxy) is 1. The topological polar surface area (TPSA) is 110 Å². The predicted molar refractivity (Wildman–Crippen MR) is 141 cm³/mol. The summed E-state index contributed by atoms with van der Waals surface area (Å²) >= 11 is 0. The summed E-state index contributed by atoms with van der Waals surface area (Å²) in [4.78, 5) is 52.3. The molecule has 2 heterocycles. The van der Waals surface area contributed by atoms with Gasteiger partial charge in [-0.05, 0) is 55.2 Å². The molecule has 196 valence electrons. The molecule has 5 rings (SSSR count). The van der Waals surface area contributed by atoms with Gasteiger partial charge in [0, 0.05) is 42.5 Å². The summed E-state index contributed by atoms with van der Waals surface area (Å²) in [7, 11) is 0. The number of amides is 3. The molecule has 2 fully saturated rings. The van der Waals surface area contributed by atoms with Crippen LogP contribution in [0.5, 0.6) is 0 Å². The predicted octanol–water partition coefficient (Wildman–Crippen LogP) is 2.87. The second-order valence-electron chi connectivity index (χ2n) is 9.70. The summed E-state index contributed by atoms with van der Waals surface area (Å²) in [5, 5.41) is 5.89. The maximum atomic E-state index is 13.2. The molecule has 3 amide bonds. The van der Waals surface area contributed by atoms with Gasteiger partial charge in [-0.2, -0.15) is 0 Å². The van der Waals surface area contributed by atoms with Crippen LogP contribution in [0.25, 0.3) is 5.69 Å². The maximum Gasteiger partial charge on any atom is 0.407 e.